The minimum Gasteiger partial charge on any atom is -0.399 e. The third-order valence-electron chi connectivity index (χ3n) is 5.28. The Morgan fingerprint density at radius 1 is 1.19 bits per heavy atom. The smallest absolute Gasteiger partial charge is 0.399 e. The van der Waals surface area contributed by atoms with Gasteiger partial charge in [-0.2, -0.15) is 0 Å². The molecule has 4 unspecified atom stereocenters. The van der Waals surface area contributed by atoms with E-state index in [1.54, 1.807) is 34.9 Å². The average Bonchev–Trinajstić information content (AvgIpc) is 3.40. The van der Waals surface area contributed by atoms with Crippen LogP contribution in [0.15, 0.2) is 41.5 Å². The summed E-state index contributed by atoms with van der Waals surface area (Å²) in [5, 5.41) is 0. The van der Waals surface area contributed by atoms with Gasteiger partial charge in [0, 0.05) is 21.9 Å². The van der Waals surface area contributed by atoms with Crippen LogP contribution in [0.3, 0.4) is 0 Å². The Hall–Kier alpha value is -2.86. The maximum Gasteiger partial charge on any atom is 0.694 e. The maximum absolute atomic E-state index is 12.2. The topological polar surface area (TPSA) is 177 Å². The lowest BCUT2D eigenvalue weighted by Crippen LogP contribution is -2.31. The van der Waals surface area contributed by atoms with Crippen molar-refractivity contribution in [2.75, 3.05) is 18.1 Å². The summed E-state index contributed by atoms with van der Waals surface area (Å²) in [7, 11) is -2.81. The monoisotopic (exact) mass is 448 g/mol. The first-order valence-electron chi connectivity index (χ1n) is 9.37. The van der Waals surface area contributed by atoms with Gasteiger partial charge in [0.05, 0.1) is 11.8 Å². The van der Waals surface area contributed by atoms with Crippen molar-refractivity contribution in [1.82, 2.24) is 14.5 Å². The van der Waals surface area contributed by atoms with Gasteiger partial charge in [0.25, 0.3) is 5.56 Å². The lowest BCUT2D eigenvalue weighted by Gasteiger charge is -2.21. The minimum absolute atomic E-state index is 0.175. The van der Waals surface area contributed by atoms with Gasteiger partial charge in [-0.15, -0.1) is 9.42 Å². The average molecular weight is 448 g/mol. The molecule has 6 N–H and O–H groups in total. The number of imidazole rings is 1. The van der Waals surface area contributed by atoms with Gasteiger partial charge in [-0.05, 0) is 12.1 Å². The van der Waals surface area contributed by atoms with Gasteiger partial charge in [-0.3, -0.25) is 4.79 Å². The van der Waals surface area contributed by atoms with Crippen LogP contribution in [-0.4, -0.2) is 44.3 Å². The zero-order valence-electron chi connectivity index (χ0n) is 16.0. The van der Waals surface area contributed by atoms with Gasteiger partial charge in [-0.1, -0.05) is 12.1 Å². The van der Waals surface area contributed by atoms with Gasteiger partial charge >= 0.3 is 8.25 Å². The Balaban J connectivity index is 1.50. The second kappa shape index (κ2) is 7.68. The Kier molecular flexibility index (Phi) is 4.97. The highest BCUT2D eigenvalue weighted by Crippen LogP contribution is 2.45. The molecule has 3 aromatic rings. The summed E-state index contributed by atoms with van der Waals surface area (Å²) < 4.78 is 35.8. The van der Waals surface area contributed by atoms with E-state index in [1.807, 2.05) is 0 Å². The third kappa shape index (κ3) is 3.59. The van der Waals surface area contributed by atoms with E-state index in [1.165, 1.54) is 6.33 Å². The molecule has 0 saturated carbocycles. The number of rotatable bonds is 5. The molecule has 4 heterocycles. The summed E-state index contributed by atoms with van der Waals surface area (Å²) in [6.45, 7) is -0.184. The molecule has 0 radical (unpaired) electrons. The summed E-state index contributed by atoms with van der Waals surface area (Å²) in [5.74, 6) is 0.175. The summed E-state index contributed by atoms with van der Waals surface area (Å²) in [6.07, 6.45) is -1.88. The Morgan fingerprint density at radius 3 is 2.68 bits per heavy atom. The quantitative estimate of drug-likeness (QED) is 0.324. The molecule has 13 heteroatoms. The highest BCUT2D eigenvalue weighted by Gasteiger charge is 2.54. The molecule has 31 heavy (non-hydrogen) atoms. The van der Waals surface area contributed by atoms with Crippen molar-refractivity contribution >= 4 is 30.8 Å². The van der Waals surface area contributed by atoms with Crippen molar-refractivity contribution in [2.24, 2.45) is 0 Å². The molecule has 2 aromatic heterocycles. The van der Waals surface area contributed by atoms with E-state index in [0.717, 1.165) is 5.56 Å². The van der Waals surface area contributed by atoms with E-state index >= 15 is 0 Å². The summed E-state index contributed by atoms with van der Waals surface area (Å²) in [4.78, 5) is 27.9. The second-order valence-corrected chi connectivity index (χ2v) is 7.97. The van der Waals surface area contributed by atoms with Crippen LogP contribution in [-0.2, 0) is 23.3 Å². The van der Waals surface area contributed by atoms with E-state index in [0.29, 0.717) is 11.2 Å². The van der Waals surface area contributed by atoms with E-state index < -0.39 is 44.6 Å². The van der Waals surface area contributed by atoms with E-state index in [4.69, 9.17) is 35.1 Å². The SMILES string of the molecule is Nc1ccc(C2OC3C(O2)[C@@H](CO[P+](=O)O)O[C@H]3n2cnc3c(=O)[nH]c(N)cc32)cc1. The molecule has 2 saturated heterocycles. The molecule has 1 aromatic carbocycles. The first-order chi connectivity index (χ1) is 14.9. The molecule has 0 spiro atoms. The normalized spacial score (nSPS) is 28.2. The molecule has 5 rings (SSSR count). The van der Waals surface area contributed by atoms with E-state index in [9.17, 15) is 9.36 Å². The fourth-order valence-electron chi connectivity index (χ4n) is 3.91. The Bertz CT molecular complexity index is 1200. The zero-order valence-corrected chi connectivity index (χ0v) is 16.8. The molecule has 162 valence electrons. The van der Waals surface area contributed by atoms with Crippen LogP contribution in [0.5, 0.6) is 0 Å². The van der Waals surface area contributed by atoms with Crippen LogP contribution in [0.2, 0.25) is 0 Å². The fourth-order valence-corrected chi connectivity index (χ4v) is 4.18. The molecule has 0 amide bonds. The number of nitrogen functional groups attached to an aromatic ring is 2. The van der Waals surface area contributed by atoms with Crippen molar-refractivity contribution < 1.29 is 28.2 Å². The van der Waals surface area contributed by atoms with E-state index in [-0.39, 0.29) is 17.9 Å². The number of aromatic nitrogens is 3. The summed E-state index contributed by atoms with van der Waals surface area (Å²) >= 11 is 0. The minimum atomic E-state index is -2.81. The second-order valence-electron chi connectivity index (χ2n) is 7.24. The van der Waals surface area contributed by atoms with Crippen LogP contribution in [0.4, 0.5) is 11.5 Å². The van der Waals surface area contributed by atoms with Crippen LogP contribution in [0, 0.1) is 0 Å². The number of hydrogen-bond acceptors (Lipinski definition) is 9. The predicted octanol–water partition coefficient (Wildman–Crippen LogP) is 0.936. The molecule has 2 aliphatic rings. The molecule has 0 aliphatic carbocycles. The van der Waals surface area contributed by atoms with Crippen LogP contribution >= 0.6 is 8.25 Å². The van der Waals surface area contributed by atoms with Crippen LogP contribution < -0.4 is 17.0 Å². The number of nitrogens with two attached hydrogens (primary N) is 2. The Morgan fingerprint density at radius 2 is 1.94 bits per heavy atom. The van der Waals surface area contributed by atoms with Gasteiger partial charge in [0.15, 0.2) is 18.0 Å². The number of ether oxygens (including phenoxy) is 3. The van der Waals surface area contributed by atoms with Crippen LogP contribution in [0.25, 0.3) is 11.0 Å². The number of anilines is 2. The van der Waals surface area contributed by atoms with Gasteiger partial charge in [-0.25, -0.2) is 4.98 Å². The van der Waals surface area contributed by atoms with Gasteiger partial charge in [0.2, 0.25) is 0 Å². The van der Waals surface area contributed by atoms with E-state index in [2.05, 4.69) is 9.97 Å². The molecule has 0 bridgehead atoms. The highest BCUT2D eigenvalue weighted by atomic mass is 31.1. The summed E-state index contributed by atoms with van der Waals surface area (Å²) in [5.41, 5.74) is 13.1. The number of fused-ring (bicyclic) bond motifs is 2. The molecule has 12 nitrogen and oxygen atoms in total. The number of H-pyrrole nitrogens is 1. The van der Waals surface area contributed by atoms with Crippen molar-refractivity contribution in [3.05, 3.63) is 52.6 Å². The standard InChI is InChI=1S/C18H18N5O7P/c19-9-3-1-8(2-4-9)18-29-14-11(6-27-31(25)26)28-17(15(14)30-18)23-7-21-13-10(23)5-12(20)22-16(13)24/h1-5,7,11,14-15,17-18H,6,19H2,(H3-,20,22,24,25,26)/p+1/t11-,14?,15?,17-,18?/m1/s1. The largest absolute Gasteiger partial charge is 0.694 e. The van der Waals surface area contributed by atoms with Crippen LogP contribution in [0.1, 0.15) is 18.1 Å². The number of nitrogens with one attached hydrogen (secondary N) is 1. The molecule has 2 aliphatic heterocycles. The number of nitrogens with zero attached hydrogens (tertiary/aromatic N) is 2. The molecular weight excluding hydrogens is 429 g/mol. The molecule has 2 fully saturated rings. The van der Waals surface area contributed by atoms with Crippen molar-refractivity contribution in [2.45, 2.75) is 30.8 Å². The zero-order chi connectivity index (χ0) is 21.7. The van der Waals surface area contributed by atoms with Crippen molar-refractivity contribution in [3.63, 3.8) is 0 Å². The number of hydrogen-bond donors (Lipinski definition) is 4. The highest BCUT2D eigenvalue weighted by molar-refractivity contribution is 7.32. The lowest BCUT2D eigenvalue weighted by atomic mass is 10.1. The van der Waals surface area contributed by atoms with Crippen molar-refractivity contribution in [1.29, 1.82) is 0 Å². The first kappa shape index (κ1) is 20.1. The first-order valence-corrected chi connectivity index (χ1v) is 10.5. The fraction of sp³-hybridized carbons (Fsp3) is 0.333. The number of pyridine rings is 1. The maximum atomic E-state index is 12.2. The third-order valence-corrected chi connectivity index (χ3v) is 5.65. The number of benzene rings is 1. The lowest BCUT2D eigenvalue weighted by molar-refractivity contribution is -0.152. The molecular formula is C18H19N5O7P+. The van der Waals surface area contributed by atoms with Crippen molar-refractivity contribution in [3.8, 4) is 0 Å². The number of aromatic amines is 1. The van der Waals surface area contributed by atoms with Gasteiger partial charge in [0.1, 0.15) is 30.7 Å². The molecule has 6 atom stereocenters. The predicted molar refractivity (Wildman–Crippen MR) is 108 cm³/mol. The summed E-state index contributed by atoms with van der Waals surface area (Å²) in [6, 6.07) is 8.63. The Labute approximate surface area is 175 Å². The van der Waals surface area contributed by atoms with Gasteiger partial charge < -0.3 is 35.2 Å².